The molecular formula is C16H17FN2OS. The summed E-state index contributed by atoms with van der Waals surface area (Å²) in [5.41, 5.74) is 0.353. The second-order valence-corrected chi connectivity index (χ2v) is 5.01. The number of para-hydroxylation sites is 2. The highest BCUT2D eigenvalue weighted by molar-refractivity contribution is 7.80. The highest BCUT2D eigenvalue weighted by atomic mass is 32.1. The van der Waals surface area contributed by atoms with E-state index in [4.69, 9.17) is 17.0 Å². The molecule has 0 saturated carbocycles. The van der Waals surface area contributed by atoms with Crippen molar-refractivity contribution < 1.29 is 9.13 Å². The lowest BCUT2D eigenvalue weighted by molar-refractivity contribution is 0.287. The Morgan fingerprint density at radius 3 is 2.52 bits per heavy atom. The number of hydrogen-bond donors (Lipinski definition) is 2. The van der Waals surface area contributed by atoms with Gasteiger partial charge in [-0.2, -0.15) is 0 Å². The normalized spacial score (nSPS) is 11.5. The van der Waals surface area contributed by atoms with Crippen molar-refractivity contribution in [1.82, 2.24) is 5.32 Å². The third-order valence-corrected chi connectivity index (χ3v) is 2.96. The van der Waals surface area contributed by atoms with Crippen LogP contribution >= 0.6 is 12.2 Å². The molecule has 110 valence electrons. The van der Waals surface area contributed by atoms with Crippen LogP contribution in [0.25, 0.3) is 0 Å². The number of nitrogens with one attached hydrogen (secondary N) is 2. The van der Waals surface area contributed by atoms with Gasteiger partial charge in [-0.3, -0.25) is 0 Å². The van der Waals surface area contributed by atoms with Gasteiger partial charge < -0.3 is 15.4 Å². The van der Waals surface area contributed by atoms with Crippen LogP contribution in [0, 0.1) is 5.82 Å². The zero-order valence-corrected chi connectivity index (χ0v) is 12.5. The lowest BCUT2D eigenvalue weighted by Gasteiger charge is -2.17. The van der Waals surface area contributed by atoms with E-state index in [1.165, 1.54) is 6.07 Å². The van der Waals surface area contributed by atoms with Gasteiger partial charge in [0.05, 0.1) is 11.7 Å². The Balaban J connectivity index is 1.78. The van der Waals surface area contributed by atoms with Gasteiger partial charge in [-0.1, -0.05) is 30.3 Å². The van der Waals surface area contributed by atoms with E-state index in [-0.39, 0.29) is 11.9 Å². The van der Waals surface area contributed by atoms with E-state index >= 15 is 0 Å². The maximum absolute atomic E-state index is 13.5. The number of anilines is 1. The molecule has 0 aliphatic carbocycles. The molecule has 0 aliphatic heterocycles. The van der Waals surface area contributed by atoms with Crippen LogP contribution in [0.15, 0.2) is 54.6 Å². The second kappa shape index (κ2) is 7.59. The Morgan fingerprint density at radius 2 is 1.81 bits per heavy atom. The highest BCUT2D eigenvalue weighted by Gasteiger charge is 2.07. The monoisotopic (exact) mass is 304 g/mol. The van der Waals surface area contributed by atoms with Crippen molar-refractivity contribution in [3.63, 3.8) is 0 Å². The number of rotatable bonds is 5. The van der Waals surface area contributed by atoms with Gasteiger partial charge >= 0.3 is 0 Å². The summed E-state index contributed by atoms with van der Waals surface area (Å²) in [6.07, 6.45) is 0. The minimum absolute atomic E-state index is 0.00280. The molecule has 0 saturated heterocycles. The molecule has 3 nitrogen and oxygen atoms in total. The first-order valence-electron chi connectivity index (χ1n) is 6.65. The summed E-state index contributed by atoms with van der Waals surface area (Å²) in [7, 11) is 0. The van der Waals surface area contributed by atoms with Gasteiger partial charge in [-0.25, -0.2) is 4.39 Å². The number of thiocarbonyl (C=S) groups is 1. The summed E-state index contributed by atoms with van der Waals surface area (Å²) in [5, 5.41) is 6.25. The van der Waals surface area contributed by atoms with Crippen molar-refractivity contribution >= 4 is 23.0 Å². The smallest absolute Gasteiger partial charge is 0.171 e. The largest absolute Gasteiger partial charge is 0.491 e. The summed E-state index contributed by atoms with van der Waals surface area (Å²) in [6.45, 7) is 2.40. The molecule has 0 aromatic heterocycles. The number of hydrogen-bond acceptors (Lipinski definition) is 2. The van der Waals surface area contributed by atoms with Crippen LogP contribution in [-0.2, 0) is 0 Å². The minimum Gasteiger partial charge on any atom is -0.491 e. The molecule has 0 aliphatic rings. The fourth-order valence-corrected chi connectivity index (χ4v) is 2.04. The molecule has 0 bridgehead atoms. The predicted molar refractivity (Wildman–Crippen MR) is 87.2 cm³/mol. The fourth-order valence-electron chi connectivity index (χ4n) is 1.72. The summed E-state index contributed by atoms with van der Waals surface area (Å²) in [5.74, 6) is 0.467. The van der Waals surface area contributed by atoms with Crippen molar-refractivity contribution in [1.29, 1.82) is 0 Å². The van der Waals surface area contributed by atoms with E-state index in [0.717, 1.165) is 5.75 Å². The third kappa shape index (κ3) is 5.04. The van der Waals surface area contributed by atoms with Crippen molar-refractivity contribution in [3.05, 3.63) is 60.4 Å². The molecule has 1 atom stereocenters. The van der Waals surface area contributed by atoms with Gasteiger partial charge in [0.1, 0.15) is 18.2 Å². The maximum atomic E-state index is 13.5. The van der Waals surface area contributed by atoms with E-state index in [0.29, 0.717) is 17.4 Å². The molecular weight excluding hydrogens is 287 g/mol. The molecule has 2 aromatic carbocycles. The summed E-state index contributed by atoms with van der Waals surface area (Å²) >= 11 is 5.16. The van der Waals surface area contributed by atoms with Crippen molar-refractivity contribution in [2.24, 2.45) is 0 Å². The topological polar surface area (TPSA) is 33.3 Å². The molecule has 2 rings (SSSR count). The van der Waals surface area contributed by atoms with Crippen molar-refractivity contribution in [2.75, 3.05) is 11.9 Å². The quantitative estimate of drug-likeness (QED) is 0.827. The van der Waals surface area contributed by atoms with Gasteiger partial charge in [0, 0.05) is 0 Å². The average molecular weight is 304 g/mol. The summed E-state index contributed by atoms with van der Waals surface area (Å²) in [6, 6.07) is 15.9. The molecule has 0 amide bonds. The Kier molecular flexibility index (Phi) is 5.51. The van der Waals surface area contributed by atoms with E-state index in [1.54, 1.807) is 18.2 Å². The molecule has 2 aromatic rings. The Hall–Kier alpha value is -2.14. The van der Waals surface area contributed by atoms with Gasteiger partial charge in [0.2, 0.25) is 0 Å². The van der Waals surface area contributed by atoms with Crippen LogP contribution in [0.3, 0.4) is 0 Å². The van der Waals surface area contributed by atoms with Crippen molar-refractivity contribution in [2.45, 2.75) is 13.0 Å². The summed E-state index contributed by atoms with van der Waals surface area (Å²) < 4.78 is 19.1. The van der Waals surface area contributed by atoms with E-state index in [9.17, 15) is 4.39 Å². The fraction of sp³-hybridized carbons (Fsp3) is 0.188. The number of ether oxygens (including phenoxy) is 1. The lowest BCUT2D eigenvalue weighted by atomic mass is 10.3. The highest BCUT2D eigenvalue weighted by Crippen LogP contribution is 2.12. The predicted octanol–water partition coefficient (Wildman–Crippen LogP) is 3.58. The maximum Gasteiger partial charge on any atom is 0.171 e. The zero-order chi connectivity index (χ0) is 15.1. The Labute approximate surface area is 129 Å². The molecule has 5 heteroatoms. The van der Waals surface area contributed by atoms with E-state index in [1.807, 2.05) is 37.3 Å². The van der Waals surface area contributed by atoms with Gasteiger partial charge in [0.25, 0.3) is 0 Å². The molecule has 0 heterocycles. The SMILES string of the molecule is CC(COc1ccccc1)NC(=S)Nc1ccccc1F. The van der Waals surface area contributed by atoms with Crippen molar-refractivity contribution in [3.8, 4) is 5.75 Å². The minimum atomic E-state index is -0.338. The molecule has 21 heavy (non-hydrogen) atoms. The first-order chi connectivity index (χ1) is 10.1. The number of halogens is 1. The Morgan fingerprint density at radius 1 is 1.14 bits per heavy atom. The zero-order valence-electron chi connectivity index (χ0n) is 11.7. The van der Waals surface area contributed by atoms with E-state index in [2.05, 4.69) is 10.6 Å². The number of benzene rings is 2. The van der Waals surface area contributed by atoms with Crippen LogP contribution in [0.4, 0.5) is 10.1 Å². The van der Waals surface area contributed by atoms with Gasteiger partial charge in [0.15, 0.2) is 5.11 Å². The molecule has 1 unspecified atom stereocenters. The first kappa shape index (κ1) is 15.3. The van der Waals surface area contributed by atoms with Crippen LogP contribution in [0.5, 0.6) is 5.75 Å². The van der Waals surface area contributed by atoms with Gasteiger partial charge in [-0.15, -0.1) is 0 Å². The molecule has 2 N–H and O–H groups in total. The van der Waals surface area contributed by atoms with Crippen LogP contribution in [0.2, 0.25) is 0 Å². The average Bonchev–Trinajstić information content (AvgIpc) is 2.48. The second-order valence-electron chi connectivity index (χ2n) is 4.60. The third-order valence-electron chi connectivity index (χ3n) is 2.74. The molecule has 0 radical (unpaired) electrons. The van der Waals surface area contributed by atoms with Crippen LogP contribution in [-0.4, -0.2) is 17.8 Å². The Bertz CT molecular complexity index is 592. The van der Waals surface area contributed by atoms with Crippen LogP contribution in [0.1, 0.15) is 6.92 Å². The molecule has 0 spiro atoms. The lowest BCUT2D eigenvalue weighted by Crippen LogP contribution is -2.39. The first-order valence-corrected chi connectivity index (χ1v) is 7.06. The standard InChI is InChI=1S/C16H17FN2OS/c1-12(11-20-13-7-3-2-4-8-13)18-16(21)19-15-10-6-5-9-14(15)17/h2-10,12H,11H2,1H3,(H2,18,19,21). The van der Waals surface area contributed by atoms with Crippen LogP contribution < -0.4 is 15.4 Å². The van der Waals surface area contributed by atoms with E-state index < -0.39 is 0 Å². The molecule has 0 fully saturated rings. The van der Waals surface area contributed by atoms with Gasteiger partial charge in [-0.05, 0) is 43.4 Å². The summed E-state index contributed by atoms with van der Waals surface area (Å²) in [4.78, 5) is 0.